The first-order chi connectivity index (χ1) is 8.87. The van der Waals surface area contributed by atoms with Crippen LogP contribution in [0.1, 0.15) is 78.6 Å². The molecule has 1 heterocycles. The smallest absolute Gasteiger partial charge is 0.105 e. The van der Waals surface area contributed by atoms with E-state index in [1.807, 2.05) is 0 Å². The summed E-state index contributed by atoms with van der Waals surface area (Å²) >= 11 is 0. The molecule has 1 fully saturated rings. The van der Waals surface area contributed by atoms with Crippen molar-refractivity contribution in [3.8, 4) is 0 Å². The minimum absolute atomic E-state index is 0.285. The maximum absolute atomic E-state index is 13.4. The zero-order valence-corrected chi connectivity index (χ0v) is 13.0. The van der Waals surface area contributed by atoms with Crippen LogP contribution in [0.25, 0.3) is 0 Å². The van der Waals surface area contributed by atoms with Crippen molar-refractivity contribution >= 4 is 0 Å². The average Bonchev–Trinajstić information content (AvgIpc) is 2.34. The van der Waals surface area contributed by atoms with Crippen molar-refractivity contribution in [2.24, 2.45) is 5.92 Å². The zero-order valence-electron chi connectivity index (χ0n) is 13.0. The van der Waals surface area contributed by atoms with Crippen molar-refractivity contribution in [1.82, 2.24) is 0 Å². The molecule has 1 nitrogen and oxygen atoms in total. The number of hydrogen-bond acceptors (Lipinski definition) is 1. The van der Waals surface area contributed by atoms with E-state index < -0.39 is 5.67 Å². The van der Waals surface area contributed by atoms with Crippen LogP contribution in [0, 0.1) is 5.92 Å². The van der Waals surface area contributed by atoms with E-state index in [2.05, 4.69) is 13.5 Å². The van der Waals surface area contributed by atoms with Crippen molar-refractivity contribution in [3.63, 3.8) is 0 Å². The maximum Gasteiger partial charge on any atom is 0.105 e. The molecule has 0 saturated carbocycles. The maximum atomic E-state index is 13.4. The number of unbranched alkanes of at least 4 members (excludes halogenated alkanes) is 1. The van der Waals surface area contributed by atoms with Crippen LogP contribution >= 0.6 is 0 Å². The van der Waals surface area contributed by atoms with E-state index in [4.69, 9.17) is 4.74 Å². The Kier molecular flexibility index (Phi) is 6.88. The lowest BCUT2D eigenvalue weighted by atomic mass is 9.90. The number of halogens is 1. The molecule has 0 aromatic carbocycles. The van der Waals surface area contributed by atoms with Gasteiger partial charge in [-0.15, -0.1) is 0 Å². The van der Waals surface area contributed by atoms with Crippen molar-refractivity contribution in [2.45, 2.75) is 90.3 Å². The highest BCUT2D eigenvalue weighted by Gasteiger charge is 2.18. The molecule has 0 aliphatic carbocycles. The first-order valence-corrected chi connectivity index (χ1v) is 7.90. The molecule has 0 amide bonds. The van der Waals surface area contributed by atoms with Crippen LogP contribution in [-0.4, -0.2) is 11.8 Å². The second-order valence-corrected chi connectivity index (χ2v) is 6.78. The van der Waals surface area contributed by atoms with Gasteiger partial charge < -0.3 is 4.74 Å². The first kappa shape index (κ1) is 16.5. The van der Waals surface area contributed by atoms with Crippen molar-refractivity contribution in [1.29, 1.82) is 0 Å². The van der Waals surface area contributed by atoms with Crippen LogP contribution in [0.4, 0.5) is 4.39 Å². The topological polar surface area (TPSA) is 9.23 Å². The second kappa shape index (κ2) is 7.91. The Labute approximate surface area is 118 Å². The molecule has 1 rings (SSSR count). The fourth-order valence-electron chi connectivity index (χ4n) is 2.97. The third-order valence-electron chi connectivity index (χ3n) is 3.98. The normalized spacial score (nSPS) is 26.2. The SMILES string of the molecule is C=C1CCCCC(CCCCC(C)(C)F)CC(C)O1. The Balaban J connectivity index is 2.28. The fourth-order valence-corrected chi connectivity index (χ4v) is 2.97. The van der Waals surface area contributed by atoms with Crippen molar-refractivity contribution in [3.05, 3.63) is 12.3 Å². The predicted octanol–water partition coefficient (Wildman–Crippen LogP) is 5.79. The lowest BCUT2D eigenvalue weighted by Crippen LogP contribution is -2.14. The van der Waals surface area contributed by atoms with Crippen LogP contribution in [-0.2, 0) is 4.74 Å². The highest BCUT2D eigenvalue weighted by molar-refractivity contribution is 4.85. The molecule has 0 aromatic heterocycles. The summed E-state index contributed by atoms with van der Waals surface area (Å²) in [6.07, 6.45) is 10.2. The molecule has 2 heteroatoms. The van der Waals surface area contributed by atoms with Crippen LogP contribution in [0.15, 0.2) is 12.3 Å². The summed E-state index contributed by atoms with van der Waals surface area (Å²) in [5.41, 5.74) is -1.01. The van der Waals surface area contributed by atoms with Gasteiger partial charge in [0.05, 0.1) is 11.9 Å². The lowest BCUT2D eigenvalue weighted by Gasteiger charge is -2.21. The van der Waals surface area contributed by atoms with E-state index in [1.165, 1.54) is 25.7 Å². The standard InChI is InChI=1S/C17H31FO/c1-14-9-5-6-10-16(13-15(2)19-14)11-7-8-12-17(3,4)18/h15-16H,1,5-13H2,2-4H3. The number of rotatable bonds is 5. The molecular formula is C17H31FO. The van der Waals surface area contributed by atoms with Gasteiger partial charge in [-0.2, -0.15) is 0 Å². The van der Waals surface area contributed by atoms with Gasteiger partial charge in [-0.3, -0.25) is 0 Å². The average molecular weight is 270 g/mol. The van der Waals surface area contributed by atoms with E-state index in [-0.39, 0.29) is 6.10 Å². The highest BCUT2D eigenvalue weighted by atomic mass is 19.1. The quantitative estimate of drug-likeness (QED) is 0.574. The van der Waals surface area contributed by atoms with Crippen LogP contribution < -0.4 is 0 Å². The van der Waals surface area contributed by atoms with Gasteiger partial charge in [0.2, 0.25) is 0 Å². The molecule has 2 atom stereocenters. The largest absolute Gasteiger partial charge is 0.496 e. The summed E-state index contributed by atoms with van der Waals surface area (Å²) in [7, 11) is 0. The molecule has 1 saturated heterocycles. The van der Waals surface area contributed by atoms with Gasteiger partial charge in [-0.1, -0.05) is 38.7 Å². The number of ether oxygens (including phenoxy) is 1. The van der Waals surface area contributed by atoms with Crippen LogP contribution in [0.3, 0.4) is 0 Å². The molecular weight excluding hydrogens is 239 g/mol. The van der Waals surface area contributed by atoms with Gasteiger partial charge >= 0.3 is 0 Å². The van der Waals surface area contributed by atoms with Gasteiger partial charge in [-0.05, 0) is 46.0 Å². The second-order valence-electron chi connectivity index (χ2n) is 6.78. The van der Waals surface area contributed by atoms with Gasteiger partial charge in [0.25, 0.3) is 0 Å². The summed E-state index contributed by atoms with van der Waals surface area (Å²) < 4.78 is 19.2. The molecule has 1 aliphatic heterocycles. The Bertz CT molecular complexity index is 267. The number of alkyl halides is 1. The van der Waals surface area contributed by atoms with E-state index in [1.54, 1.807) is 13.8 Å². The minimum Gasteiger partial charge on any atom is -0.496 e. The van der Waals surface area contributed by atoms with E-state index in [0.717, 1.165) is 37.4 Å². The molecule has 0 N–H and O–H groups in total. The fraction of sp³-hybridized carbons (Fsp3) is 0.882. The Hall–Kier alpha value is -0.530. The molecule has 1 aliphatic rings. The van der Waals surface area contributed by atoms with Gasteiger partial charge in [0.1, 0.15) is 5.67 Å². The molecule has 0 radical (unpaired) electrons. The molecule has 0 bridgehead atoms. The summed E-state index contributed by atoms with van der Waals surface area (Å²) in [5, 5.41) is 0. The number of allylic oxidation sites excluding steroid dienone is 1. The molecule has 2 unspecified atom stereocenters. The van der Waals surface area contributed by atoms with Crippen LogP contribution in [0.5, 0.6) is 0 Å². The number of hydrogen-bond donors (Lipinski definition) is 0. The summed E-state index contributed by atoms with van der Waals surface area (Å²) in [4.78, 5) is 0. The molecule has 19 heavy (non-hydrogen) atoms. The third kappa shape index (κ3) is 8.28. The minimum atomic E-state index is -1.01. The molecule has 0 aromatic rings. The van der Waals surface area contributed by atoms with Gasteiger partial charge in [-0.25, -0.2) is 4.39 Å². The van der Waals surface area contributed by atoms with Crippen LogP contribution in [0.2, 0.25) is 0 Å². The van der Waals surface area contributed by atoms with Gasteiger partial charge in [0, 0.05) is 6.42 Å². The lowest BCUT2D eigenvalue weighted by molar-refractivity contribution is 0.103. The predicted molar refractivity (Wildman–Crippen MR) is 79.9 cm³/mol. The Morgan fingerprint density at radius 1 is 1.32 bits per heavy atom. The summed E-state index contributed by atoms with van der Waals surface area (Å²) in [5.74, 6) is 1.69. The molecule has 112 valence electrons. The zero-order chi connectivity index (χ0) is 14.3. The summed E-state index contributed by atoms with van der Waals surface area (Å²) in [6, 6.07) is 0. The van der Waals surface area contributed by atoms with Crippen molar-refractivity contribution < 1.29 is 9.13 Å². The first-order valence-electron chi connectivity index (χ1n) is 7.90. The van der Waals surface area contributed by atoms with Crippen molar-refractivity contribution in [2.75, 3.05) is 0 Å². The molecule has 0 spiro atoms. The Morgan fingerprint density at radius 2 is 2.05 bits per heavy atom. The summed E-state index contributed by atoms with van der Waals surface area (Å²) in [6.45, 7) is 9.47. The monoisotopic (exact) mass is 270 g/mol. The van der Waals surface area contributed by atoms with E-state index >= 15 is 0 Å². The third-order valence-corrected chi connectivity index (χ3v) is 3.98. The highest BCUT2D eigenvalue weighted by Crippen LogP contribution is 2.28. The van der Waals surface area contributed by atoms with E-state index in [0.29, 0.717) is 6.42 Å². The van der Waals surface area contributed by atoms with E-state index in [9.17, 15) is 4.39 Å². The van der Waals surface area contributed by atoms with Gasteiger partial charge in [0.15, 0.2) is 0 Å². The Morgan fingerprint density at radius 3 is 2.74 bits per heavy atom.